The van der Waals surface area contributed by atoms with Gasteiger partial charge in [-0.05, 0) is 19.3 Å². The number of urea groups is 1. The summed E-state index contributed by atoms with van der Waals surface area (Å²) in [6, 6.07) is 0.221. The summed E-state index contributed by atoms with van der Waals surface area (Å²) in [7, 11) is 1.77. The molecule has 2 amide bonds. The molecule has 1 heterocycles. The van der Waals surface area contributed by atoms with Crippen LogP contribution in [0.4, 0.5) is 10.6 Å². The molecule has 4 N–H and O–H groups in total. The molecule has 2 rings (SSSR count). The molecule has 16 heavy (non-hydrogen) atoms. The predicted octanol–water partition coefficient (Wildman–Crippen LogP) is 0.354. The molecule has 0 unspecified atom stereocenters. The molecule has 0 spiro atoms. The molecule has 0 atom stereocenters. The Morgan fingerprint density at radius 3 is 2.94 bits per heavy atom. The maximum Gasteiger partial charge on any atom is 0.315 e. The lowest BCUT2D eigenvalue weighted by Gasteiger charge is -2.26. The summed E-state index contributed by atoms with van der Waals surface area (Å²) in [5.41, 5.74) is 6.60. The summed E-state index contributed by atoms with van der Waals surface area (Å²) in [5.74, 6) is 0.587. The van der Waals surface area contributed by atoms with E-state index in [9.17, 15) is 4.79 Å². The predicted molar refractivity (Wildman–Crippen MR) is 60.6 cm³/mol. The van der Waals surface area contributed by atoms with Crippen LogP contribution in [0, 0.1) is 0 Å². The highest BCUT2D eigenvalue weighted by molar-refractivity contribution is 5.74. The Balaban J connectivity index is 1.78. The SMILES string of the molecule is Cn1ncc(CNC(=O)NC2CCC2)c1N. The van der Waals surface area contributed by atoms with Crippen LogP contribution in [0.5, 0.6) is 0 Å². The molecule has 0 radical (unpaired) electrons. The van der Waals surface area contributed by atoms with E-state index in [0.717, 1.165) is 18.4 Å². The van der Waals surface area contributed by atoms with Gasteiger partial charge in [-0.2, -0.15) is 5.10 Å². The van der Waals surface area contributed by atoms with Gasteiger partial charge in [0.15, 0.2) is 0 Å². The van der Waals surface area contributed by atoms with Gasteiger partial charge in [-0.15, -0.1) is 0 Å². The van der Waals surface area contributed by atoms with Crippen LogP contribution in [-0.2, 0) is 13.6 Å². The van der Waals surface area contributed by atoms with Crippen LogP contribution in [0.15, 0.2) is 6.20 Å². The average Bonchev–Trinajstić information content (AvgIpc) is 2.51. The molecule has 6 heteroatoms. The number of carbonyl (C=O) groups excluding carboxylic acids is 1. The third-order valence-electron chi connectivity index (χ3n) is 2.94. The van der Waals surface area contributed by atoms with Crippen molar-refractivity contribution >= 4 is 11.8 Å². The maximum absolute atomic E-state index is 11.4. The first kappa shape index (κ1) is 10.8. The monoisotopic (exact) mass is 223 g/mol. The zero-order valence-electron chi connectivity index (χ0n) is 9.36. The van der Waals surface area contributed by atoms with Crippen molar-refractivity contribution in [2.45, 2.75) is 31.8 Å². The van der Waals surface area contributed by atoms with E-state index in [1.165, 1.54) is 6.42 Å². The Kier molecular flexibility index (Phi) is 2.98. The van der Waals surface area contributed by atoms with E-state index in [-0.39, 0.29) is 6.03 Å². The number of nitrogens with one attached hydrogen (secondary N) is 2. The Morgan fingerprint density at radius 2 is 2.44 bits per heavy atom. The van der Waals surface area contributed by atoms with E-state index in [0.29, 0.717) is 18.4 Å². The second-order valence-electron chi connectivity index (χ2n) is 4.13. The second kappa shape index (κ2) is 4.42. The van der Waals surface area contributed by atoms with Crippen molar-refractivity contribution in [3.05, 3.63) is 11.8 Å². The van der Waals surface area contributed by atoms with E-state index in [2.05, 4.69) is 15.7 Å². The highest BCUT2D eigenvalue weighted by atomic mass is 16.2. The number of amides is 2. The average molecular weight is 223 g/mol. The van der Waals surface area contributed by atoms with Gasteiger partial charge in [-0.1, -0.05) is 0 Å². The fraction of sp³-hybridized carbons (Fsp3) is 0.600. The maximum atomic E-state index is 11.4. The van der Waals surface area contributed by atoms with Crippen LogP contribution in [0.3, 0.4) is 0 Å². The van der Waals surface area contributed by atoms with E-state index in [1.807, 2.05) is 0 Å². The third-order valence-corrected chi connectivity index (χ3v) is 2.94. The minimum Gasteiger partial charge on any atom is -0.384 e. The van der Waals surface area contributed by atoms with Gasteiger partial charge in [0.1, 0.15) is 5.82 Å². The Hall–Kier alpha value is -1.72. The lowest BCUT2D eigenvalue weighted by atomic mass is 9.93. The van der Waals surface area contributed by atoms with Gasteiger partial charge in [-0.25, -0.2) is 4.79 Å². The number of aryl methyl sites for hydroxylation is 1. The zero-order chi connectivity index (χ0) is 11.5. The molecule has 1 saturated carbocycles. The molecule has 1 aliphatic rings. The normalized spacial score (nSPS) is 15.6. The number of hydrogen-bond donors (Lipinski definition) is 3. The van der Waals surface area contributed by atoms with Gasteiger partial charge in [0.05, 0.1) is 6.20 Å². The van der Waals surface area contributed by atoms with Crippen molar-refractivity contribution in [3.8, 4) is 0 Å². The van der Waals surface area contributed by atoms with Crippen LogP contribution in [0.25, 0.3) is 0 Å². The molecule has 0 aromatic carbocycles. The Bertz CT molecular complexity index is 383. The van der Waals surface area contributed by atoms with Gasteiger partial charge in [0.25, 0.3) is 0 Å². The minimum absolute atomic E-state index is 0.132. The molecule has 0 bridgehead atoms. The number of nitrogen functional groups attached to an aromatic ring is 1. The zero-order valence-corrected chi connectivity index (χ0v) is 9.36. The van der Waals surface area contributed by atoms with Crippen molar-refractivity contribution in [3.63, 3.8) is 0 Å². The fourth-order valence-corrected chi connectivity index (χ4v) is 1.59. The van der Waals surface area contributed by atoms with Crippen molar-refractivity contribution < 1.29 is 4.79 Å². The van der Waals surface area contributed by atoms with E-state index in [4.69, 9.17) is 5.73 Å². The van der Waals surface area contributed by atoms with Gasteiger partial charge in [0, 0.05) is 25.2 Å². The lowest BCUT2D eigenvalue weighted by molar-refractivity contribution is 0.228. The molecular formula is C10H17N5O. The molecule has 1 aromatic rings. The molecule has 1 aromatic heterocycles. The van der Waals surface area contributed by atoms with Crippen molar-refractivity contribution in [1.29, 1.82) is 0 Å². The van der Waals surface area contributed by atoms with Crippen molar-refractivity contribution in [2.75, 3.05) is 5.73 Å². The van der Waals surface area contributed by atoms with Crippen LogP contribution in [-0.4, -0.2) is 21.9 Å². The van der Waals surface area contributed by atoms with E-state index in [1.54, 1.807) is 17.9 Å². The molecular weight excluding hydrogens is 206 g/mol. The second-order valence-corrected chi connectivity index (χ2v) is 4.13. The van der Waals surface area contributed by atoms with Gasteiger partial charge in [-0.3, -0.25) is 4.68 Å². The first-order valence-electron chi connectivity index (χ1n) is 5.47. The van der Waals surface area contributed by atoms with Crippen LogP contribution >= 0.6 is 0 Å². The number of anilines is 1. The molecule has 0 aliphatic heterocycles. The summed E-state index contributed by atoms with van der Waals surface area (Å²) in [4.78, 5) is 11.4. The number of carbonyl (C=O) groups is 1. The summed E-state index contributed by atoms with van der Waals surface area (Å²) in [6.45, 7) is 0.415. The van der Waals surface area contributed by atoms with Crippen LogP contribution in [0.1, 0.15) is 24.8 Å². The standard InChI is InChI=1S/C10H17N5O/c1-15-9(11)7(6-13-15)5-12-10(16)14-8-3-2-4-8/h6,8H,2-5,11H2,1H3,(H2,12,14,16). The summed E-state index contributed by atoms with van der Waals surface area (Å²) in [5, 5.41) is 9.67. The number of hydrogen-bond acceptors (Lipinski definition) is 3. The molecule has 0 saturated heterocycles. The number of nitrogens with zero attached hydrogens (tertiary/aromatic N) is 2. The molecule has 1 aliphatic carbocycles. The first-order chi connectivity index (χ1) is 7.66. The third kappa shape index (κ3) is 2.26. The highest BCUT2D eigenvalue weighted by Gasteiger charge is 2.19. The largest absolute Gasteiger partial charge is 0.384 e. The van der Waals surface area contributed by atoms with Gasteiger partial charge < -0.3 is 16.4 Å². The quantitative estimate of drug-likeness (QED) is 0.691. The molecule has 1 fully saturated rings. The van der Waals surface area contributed by atoms with Gasteiger partial charge in [0.2, 0.25) is 0 Å². The van der Waals surface area contributed by atoms with Crippen molar-refractivity contribution in [2.24, 2.45) is 7.05 Å². The molecule has 88 valence electrons. The van der Waals surface area contributed by atoms with E-state index >= 15 is 0 Å². The Morgan fingerprint density at radius 1 is 1.69 bits per heavy atom. The van der Waals surface area contributed by atoms with Gasteiger partial charge >= 0.3 is 6.03 Å². The van der Waals surface area contributed by atoms with E-state index < -0.39 is 0 Å². The summed E-state index contributed by atoms with van der Waals surface area (Å²) < 4.78 is 1.58. The smallest absolute Gasteiger partial charge is 0.315 e. The van der Waals surface area contributed by atoms with Crippen molar-refractivity contribution in [1.82, 2.24) is 20.4 Å². The number of nitrogens with two attached hydrogens (primary N) is 1. The topological polar surface area (TPSA) is 85.0 Å². The number of aromatic nitrogens is 2. The van der Waals surface area contributed by atoms with Crippen LogP contribution < -0.4 is 16.4 Å². The number of rotatable bonds is 3. The summed E-state index contributed by atoms with van der Waals surface area (Å²) in [6.07, 6.45) is 5.05. The highest BCUT2D eigenvalue weighted by Crippen LogP contribution is 2.17. The Labute approximate surface area is 94.2 Å². The molecule has 6 nitrogen and oxygen atoms in total. The lowest BCUT2D eigenvalue weighted by Crippen LogP contribution is -2.44. The summed E-state index contributed by atoms with van der Waals surface area (Å²) >= 11 is 0. The first-order valence-corrected chi connectivity index (χ1v) is 5.47. The van der Waals surface area contributed by atoms with Crippen LogP contribution in [0.2, 0.25) is 0 Å². The minimum atomic E-state index is -0.132. The fourth-order valence-electron chi connectivity index (χ4n) is 1.59.